The van der Waals surface area contributed by atoms with Gasteiger partial charge in [-0.2, -0.15) is 0 Å². The number of rotatable bonds is 5. The minimum Gasteiger partial charge on any atom is -0.478 e. The van der Waals surface area contributed by atoms with E-state index >= 15 is 0 Å². The maximum Gasteiger partial charge on any atom is 0.335 e. The zero-order chi connectivity index (χ0) is 14.5. The number of carbonyl (C=O) groups is 1. The van der Waals surface area contributed by atoms with Gasteiger partial charge < -0.3 is 5.11 Å². The highest BCUT2D eigenvalue weighted by Gasteiger charge is 2.12. The van der Waals surface area contributed by atoms with Gasteiger partial charge in [0.05, 0.1) is 10.5 Å². The van der Waals surface area contributed by atoms with Crippen molar-refractivity contribution in [2.75, 3.05) is 0 Å². The first-order chi connectivity index (χ1) is 9.58. The molecule has 0 heterocycles. The van der Waals surface area contributed by atoms with Crippen LogP contribution in [0.5, 0.6) is 0 Å². The van der Waals surface area contributed by atoms with E-state index in [0.29, 0.717) is 11.3 Å². The molecule has 1 N–H and O–H groups in total. The molecule has 0 saturated heterocycles. The fourth-order valence-electron chi connectivity index (χ4n) is 1.69. The standard InChI is InChI=1S/C14H11NO4S/c16-14(17)10-5-3-6-12(8-10)20-9-11-4-1-2-7-13(11)15(18)19/h1-8H,9H2,(H,16,17). The van der Waals surface area contributed by atoms with Gasteiger partial charge in [-0.1, -0.05) is 24.3 Å². The number of thioether (sulfide) groups is 1. The van der Waals surface area contributed by atoms with Gasteiger partial charge in [-0.25, -0.2) is 4.79 Å². The highest BCUT2D eigenvalue weighted by Crippen LogP contribution is 2.28. The molecule has 0 aliphatic rings. The average Bonchev–Trinajstić information content (AvgIpc) is 2.45. The predicted molar refractivity (Wildman–Crippen MR) is 76.1 cm³/mol. The van der Waals surface area contributed by atoms with Crippen molar-refractivity contribution in [3.05, 3.63) is 69.8 Å². The summed E-state index contributed by atoms with van der Waals surface area (Å²) in [5, 5.41) is 19.8. The molecule has 2 rings (SSSR count). The maximum absolute atomic E-state index is 10.9. The van der Waals surface area contributed by atoms with Gasteiger partial charge >= 0.3 is 5.97 Å². The van der Waals surface area contributed by atoms with E-state index in [1.807, 2.05) is 0 Å². The Bertz CT molecular complexity index is 657. The minimum atomic E-state index is -0.988. The normalized spacial score (nSPS) is 10.2. The van der Waals surface area contributed by atoms with Crippen molar-refractivity contribution >= 4 is 23.4 Å². The number of nitro benzene ring substituents is 1. The number of hydrogen-bond donors (Lipinski definition) is 1. The molecule has 0 bridgehead atoms. The lowest BCUT2D eigenvalue weighted by molar-refractivity contribution is -0.385. The largest absolute Gasteiger partial charge is 0.478 e. The van der Waals surface area contributed by atoms with E-state index in [-0.39, 0.29) is 11.3 Å². The summed E-state index contributed by atoms with van der Waals surface area (Å²) in [5.41, 5.74) is 0.898. The number of hydrogen-bond acceptors (Lipinski definition) is 4. The first kappa shape index (κ1) is 14.1. The maximum atomic E-state index is 10.9. The fourth-order valence-corrected chi connectivity index (χ4v) is 2.64. The monoisotopic (exact) mass is 289 g/mol. The molecule has 0 atom stereocenters. The van der Waals surface area contributed by atoms with E-state index in [0.717, 1.165) is 4.90 Å². The van der Waals surface area contributed by atoms with Gasteiger partial charge in [0.25, 0.3) is 5.69 Å². The smallest absolute Gasteiger partial charge is 0.335 e. The molecule has 20 heavy (non-hydrogen) atoms. The van der Waals surface area contributed by atoms with E-state index in [2.05, 4.69) is 0 Å². The van der Waals surface area contributed by atoms with Crippen molar-refractivity contribution in [2.24, 2.45) is 0 Å². The number of benzene rings is 2. The van der Waals surface area contributed by atoms with Crippen molar-refractivity contribution in [3.63, 3.8) is 0 Å². The van der Waals surface area contributed by atoms with Gasteiger partial charge in [-0.05, 0) is 18.2 Å². The van der Waals surface area contributed by atoms with Crippen molar-refractivity contribution in [1.29, 1.82) is 0 Å². The van der Waals surface area contributed by atoms with Gasteiger partial charge in [0.2, 0.25) is 0 Å². The van der Waals surface area contributed by atoms with Gasteiger partial charge in [0.15, 0.2) is 0 Å². The summed E-state index contributed by atoms with van der Waals surface area (Å²) < 4.78 is 0. The van der Waals surface area contributed by atoms with E-state index < -0.39 is 10.9 Å². The fraction of sp³-hybridized carbons (Fsp3) is 0.0714. The summed E-state index contributed by atoms with van der Waals surface area (Å²) in [5.74, 6) is -0.571. The van der Waals surface area contributed by atoms with Crippen LogP contribution in [-0.4, -0.2) is 16.0 Å². The lowest BCUT2D eigenvalue weighted by Crippen LogP contribution is -1.96. The Morgan fingerprint density at radius 2 is 1.95 bits per heavy atom. The van der Waals surface area contributed by atoms with Gasteiger partial charge in [0.1, 0.15) is 0 Å². The molecule has 0 amide bonds. The van der Waals surface area contributed by atoms with Crippen LogP contribution < -0.4 is 0 Å². The number of aromatic carboxylic acids is 1. The molecule has 0 radical (unpaired) electrons. The van der Waals surface area contributed by atoms with E-state index in [4.69, 9.17) is 5.11 Å². The van der Waals surface area contributed by atoms with Crippen molar-refractivity contribution in [3.8, 4) is 0 Å². The molecule has 0 aliphatic heterocycles. The molecule has 0 aromatic heterocycles. The van der Waals surface area contributed by atoms with Crippen LogP contribution in [0.2, 0.25) is 0 Å². The molecular formula is C14H11NO4S. The quantitative estimate of drug-likeness (QED) is 0.517. The summed E-state index contributed by atoms with van der Waals surface area (Å²) >= 11 is 1.37. The summed E-state index contributed by atoms with van der Waals surface area (Å²) in [4.78, 5) is 22.1. The molecule has 5 nitrogen and oxygen atoms in total. The predicted octanol–water partition coefficient (Wildman–Crippen LogP) is 3.59. The first-order valence-corrected chi connectivity index (χ1v) is 6.75. The molecule has 0 aliphatic carbocycles. The van der Waals surface area contributed by atoms with Crippen LogP contribution in [0.25, 0.3) is 0 Å². The second-order valence-electron chi connectivity index (χ2n) is 4.01. The lowest BCUT2D eigenvalue weighted by atomic mass is 10.2. The summed E-state index contributed by atoms with van der Waals surface area (Å²) in [7, 11) is 0. The van der Waals surface area contributed by atoms with Crippen LogP contribution in [0.15, 0.2) is 53.4 Å². The number of carboxylic acids is 1. The zero-order valence-corrected chi connectivity index (χ0v) is 11.2. The third-order valence-electron chi connectivity index (χ3n) is 2.66. The van der Waals surface area contributed by atoms with Gasteiger partial charge in [-0.15, -0.1) is 11.8 Å². The average molecular weight is 289 g/mol. The molecule has 0 fully saturated rings. The third-order valence-corrected chi connectivity index (χ3v) is 3.71. The van der Waals surface area contributed by atoms with Crippen LogP contribution in [0, 0.1) is 10.1 Å². The topological polar surface area (TPSA) is 80.4 Å². The Morgan fingerprint density at radius 1 is 1.20 bits per heavy atom. The minimum absolute atomic E-state index is 0.0781. The number of nitro groups is 1. The summed E-state index contributed by atoms with van der Waals surface area (Å²) in [6.45, 7) is 0. The molecule has 0 saturated carbocycles. The van der Waals surface area contributed by atoms with Gasteiger partial charge in [-0.3, -0.25) is 10.1 Å². The summed E-state index contributed by atoms with van der Waals surface area (Å²) in [6.07, 6.45) is 0. The lowest BCUT2D eigenvalue weighted by Gasteiger charge is -2.04. The second kappa shape index (κ2) is 6.21. The van der Waals surface area contributed by atoms with Crippen molar-refractivity contribution in [1.82, 2.24) is 0 Å². The Kier molecular flexibility index (Phi) is 4.37. The van der Waals surface area contributed by atoms with Crippen LogP contribution in [0.3, 0.4) is 0 Å². The van der Waals surface area contributed by atoms with E-state index in [1.54, 1.807) is 36.4 Å². The van der Waals surface area contributed by atoms with E-state index in [1.165, 1.54) is 23.9 Å². The van der Waals surface area contributed by atoms with Crippen molar-refractivity contribution in [2.45, 2.75) is 10.6 Å². The van der Waals surface area contributed by atoms with Gasteiger partial charge in [0, 0.05) is 22.3 Å². The van der Waals surface area contributed by atoms with Crippen LogP contribution in [0.4, 0.5) is 5.69 Å². The third kappa shape index (κ3) is 3.36. The van der Waals surface area contributed by atoms with E-state index in [9.17, 15) is 14.9 Å². The highest BCUT2D eigenvalue weighted by molar-refractivity contribution is 7.98. The number of para-hydroxylation sites is 1. The highest BCUT2D eigenvalue weighted by atomic mass is 32.2. The van der Waals surface area contributed by atoms with Crippen LogP contribution in [0.1, 0.15) is 15.9 Å². The molecule has 0 spiro atoms. The van der Waals surface area contributed by atoms with Crippen LogP contribution in [-0.2, 0) is 5.75 Å². The molecule has 2 aromatic rings. The molecule has 2 aromatic carbocycles. The molecular weight excluding hydrogens is 278 g/mol. The molecule has 6 heteroatoms. The van der Waals surface area contributed by atoms with Crippen molar-refractivity contribution < 1.29 is 14.8 Å². The Hall–Kier alpha value is -2.34. The molecule has 0 unspecified atom stereocenters. The Labute approximate surface area is 119 Å². The molecule has 102 valence electrons. The number of carboxylic acid groups (broad SMARTS) is 1. The summed E-state index contributed by atoms with van der Waals surface area (Å²) in [6, 6.07) is 13.0. The second-order valence-corrected chi connectivity index (χ2v) is 5.06. The Morgan fingerprint density at radius 3 is 2.65 bits per heavy atom. The SMILES string of the molecule is O=C(O)c1cccc(SCc2ccccc2[N+](=O)[O-])c1. The first-order valence-electron chi connectivity index (χ1n) is 5.76. The Balaban J connectivity index is 2.15. The number of nitrogens with zero attached hydrogens (tertiary/aromatic N) is 1. The zero-order valence-electron chi connectivity index (χ0n) is 10.4. The van der Waals surface area contributed by atoms with Crippen LogP contribution >= 0.6 is 11.8 Å².